The van der Waals surface area contributed by atoms with Crippen LogP contribution in [0.2, 0.25) is 0 Å². The van der Waals surface area contributed by atoms with E-state index in [-0.39, 0.29) is 5.91 Å². The van der Waals surface area contributed by atoms with Gasteiger partial charge in [0.15, 0.2) is 0 Å². The lowest BCUT2D eigenvalue weighted by atomic mass is 10.1. The highest BCUT2D eigenvalue weighted by Crippen LogP contribution is 2.20. The number of aromatic amines is 1. The van der Waals surface area contributed by atoms with Crippen LogP contribution in [0.15, 0.2) is 36.5 Å². The van der Waals surface area contributed by atoms with Gasteiger partial charge in [0.2, 0.25) is 5.91 Å². The highest BCUT2D eigenvalue weighted by atomic mass is 16.1. The highest BCUT2D eigenvalue weighted by Gasteiger charge is 2.06. The molecule has 2 aromatic rings. The van der Waals surface area contributed by atoms with Gasteiger partial charge in [-0.2, -0.15) is 5.10 Å². The van der Waals surface area contributed by atoms with Crippen LogP contribution >= 0.6 is 0 Å². The van der Waals surface area contributed by atoms with E-state index in [1.54, 1.807) is 0 Å². The zero-order valence-corrected chi connectivity index (χ0v) is 10.7. The zero-order valence-electron chi connectivity index (χ0n) is 10.7. The average Bonchev–Trinajstić information content (AvgIpc) is 2.87. The second-order valence-corrected chi connectivity index (χ2v) is 4.38. The van der Waals surface area contributed by atoms with Crippen LogP contribution in [0, 0.1) is 0 Å². The van der Waals surface area contributed by atoms with Crippen molar-refractivity contribution in [2.24, 2.45) is 5.73 Å². The molecule has 100 valence electrons. The molecule has 1 aromatic carbocycles. The molecule has 5 nitrogen and oxygen atoms in total. The van der Waals surface area contributed by atoms with E-state index in [4.69, 9.17) is 5.73 Å². The van der Waals surface area contributed by atoms with E-state index in [0.717, 1.165) is 36.3 Å². The number of rotatable bonds is 7. The topological polar surface area (TPSA) is 83.8 Å². The molecule has 4 N–H and O–H groups in total. The smallest absolute Gasteiger partial charge is 0.217 e. The summed E-state index contributed by atoms with van der Waals surface area (Å²) in [4.78, 5) is 10.6. The van der Waals surface area contributed by atoms with Crippen LogP contribution < -0.4 is 11.1 Å². The van der Waals surface area contributed by atoms with E-state index >= 15 is 0 Å². The monoisotopic (exact) mass is 258 g/mol. The van der Waals surface area contributed by atoms with Gasteiger partial charge in [-0.05, 0) is 18.5 Å². The predicted octanol–water partition coefficient (Wildman–Crippen LogP) is 1.43. The number of nitrogens with two attached hydrogens (primary N) is 1. The first kappa shape index (κ1) is 13.3. The van der Waals surface area contributed by atoms with Gasteiger partial charge in [0.05, 0.1) is 11.9 Å². The first-order valence-corrected chi connectivity index (χ1v) is 6.34. The number of hydrogen-bond donors (Lipinski definition) is 3. The first-order valence-electron chi connectivity index (χ1n) is 6.34. The van der Waals surface area contributed by atoms with Crippen LogP contribution in [0.3, 0.4) is 0 Å². The number of aromatic nitrogens is 2. The third-order valence-electron chi connectivity index (χ3n) is 2.87. The molecule has 2 rings (SSSR count). The quantitative estimate of drug-likeness (QED) is 0.657. The van der Waals surface area contributed by atoms with E-state index in [2.05, 4.69) is 15.5 Å². The fourth-order valence-corrected chi connectivity index (χ4v) is 1.91. The molecule has 0 aliphatic heterocycles. The number of carbonyl (C=O) groups excluding carboxylic acids is 1. The maximum atomic E-state index is 10.6. The van der Waals surface area contributed by atoms with Crippen LogP contribution in [0.1, 0.15) is 18.4 Å². The van der Waals surface area contributed by atoms with Gasteiger partial charge in [0.1, 0.15) is 0 Å². The molecule has 0 saturated heterocycles. The number of hydrogen-bond acceptors (Lipinski definition) is 3. The fraction of sp³-hybridized carbons (Fsp3) is 0.286. The second kappa shape index (κ2) is 6.70. The Balaban J connectivity index is 1.88. The standard InChI is InChI=1S/C14H18N4O/c15-13(19)7-4-8-16-9-12-10-17-18-14(12)11-5-2-1-3-6-11/h1-3,5-6,10,16H,4,7-9H2,(H2,15,19)(H,17,18). The third-order valence-corrected chi connectivity index (χ3v) is 2.87. The largest absolute Gasteiger partial charge is 0.370 e. The molecule has 0 bridgehead atoms. The van der Waals surface area contributed by atoms with E-state index in [1.807, 2.05) is 36.5 Å². The fourth-order valence-electron chi connectivity index (χ4n) is 1.91. The van der Waals surface area contributed by atoms with Crippen molar-refractivity contribution < 1.29 is 4.79 Å². The van der Waals surface area contributed by atoms with Gasteiger partial charge in [-0.25, -0.2) is 0 Å². The van der Waals surface area contributed by atoms with Gasteiger partial charge in [-0.15, -0.1) is 0 Å². The van der Waals surface area contributed by atoms with Crippen LogP contribution in [0.5, 0.6) is 0 Å². The Morgan fingerprint density at radius 1 is 1.32 bits per heavy atom. The maximum Gasteiger partial charge on any atom is 0.217 e. The van der Waals surface area contributed by atoms with Crippen molar-refractivity contribution in [3.8, 4) is 11.3 Å². The van der Waals surface area contributed by atoms with Gasteiger partial charge in [-0.1, -0.05) is 30.3 Å². The van der Waals surface area contributed by atoms with Gasteiger partial charge in [0.25, 0.3) is 0 Å². The van der Waals surface area contributed by atoms with E-state index < -0.39 is 0 Å². The molecule has 0 atom stereocenters. The second-order valence-electron chi connectivity index (χ2n) is 4.38. The summed E-state index contributed by atoms with van der Waals surface area (Å²) in [5.74, 6) is -0.255. The SMILES string of the molecule is NC(=O)CCCNCc1cn[nH]c1-c1ccccc1. The van der Waals surface area contributed by atoms with Crippen molar-refractivity contribution in [2.45, 2.75) is 19.4 Å². The molecule has 0 aliphatic carbocycles. The Kier molecular flexibility index (Phi) is 4.69. The predicted molar refractivity (Wildman–Crippen MR) is 74.2 cm³/mol. The van der Waals surface area contributed by atoms with Gasteiger partial charge in [-0.3, -0.25) is 9.89 Å². The van der Waals surface area contributed by atoms with Crippen molar-refractivity contribution in [1.29, 1.82) is 0 Å². The minimum absolute atomic E-state index is 0.255. The Morgan fingerprint density at radius 2 is 2.11 bits per heavy atom. The number of nitrogens with zero attached hydrogens (tertiary/aromatic N) is 1. The summed E-state index contributed by atoms with van der Waals surface area (Å²) in [5, 5.41) is 10.4. The minimum Gasteiger partial charge on any atom is -0.370 e. The van der Waals surface area contributed by atoms with Crippen LogP contribution in [-0.2, 0) is 11.3 Å². The molecule has 0 aliphatic rings. The summed E-state index contributed by atoms with van der Waals surface area (Å²) in [6.45, 7) is 1.49. The number of carbonyl (C=O) groups is 1. The Labute approximate surface area is 112 Å². The van der Waals surface area contributed by atoms with Crippen molar-refractivity contribution in [1.82, 2.24) is 15.5 Å². The Morgan fingerprint density at radius 3 is 2.84 bits per heavy atom. The maximum absolute atomic E-state index is 10.6. The molecular formula is C14H18N4O. The molecule has 1 heterocycles. The number of primary amides is 1. The average molecular weight is 258 g/mol. The summed E-state index contributed by atoms with van der Waals surface area (Å²) >= 11 is 0. The molecule has 0 saturated carbocycles. The van der Waals surface area contributed by atoms with Gasteiger partial charge < -0.3 is 11.1 Å². The van der Waals surface area contributed by atoms with Crippen LogP contribution in [0.4, 0.5) is 0 Å². The summed E-state index contributed by atoms with van der Waals surface area (Å²) in [5.41, 5.74) is 8.35. The number of amides is 1. The number of H-pyrrole nitrogens is 1. The molecular weight excluding hydrogens is 240 g/mol. The van der Waals surface area contributed by atoms with E-state index in [1.165, 1.54) is 0 Å². The molecule has 0 fully saturated rings. The molecule has 1 amide bonds. The molecule has 0 radical (unpaired) electrons. The molecule has 0 unspecified atom stereocenters. The van der Waals surface area contributed by atoms with Crippen LogP contribution in [-0.4, -0.2) is 22.6 Å². The lowest BCUT2D eigenvalue weighted by Gasteiger charge is -2.05. The first-order chi connectivity index (χ1) is 9.27. The summed E-state index contributed by atoms with van der Waals surface area (Å²) in [6, 6.07) is 10.1. The van der Waals surface area contributed by atoms with E-state index in [9.17, 15) is 4.79 Å². The lowest BCUT2D eigenvalue weighted by Crippen LogP contribution is -2.18. The zero-order chi connectivity index (χ0) is 13.5. The van der Waals surface area contributed by atoms with E-state index in [0.29, 0.717) is 6.42 Å². The molecule has 5 heteroatoms. The number of nitrogens with one attached hydrogen (secondary N) is 2. The highest BCUT2D eigenvalue weighted by molar-refractivity contribution is 5.73. The normalized spacial score (nSPS) is 10.5. The molecule has 1 aromatic heterocycles. The lowest BCUT2D eigenvalue weighted by molar-refractivity contribution is -0.118. The summed E-state index contributed by atoms with van der Waals surface area (Å²) in [6.07, 6.45) is 3.00. The van der Waals surface area contributed by atoms with Gasteiger partial charge >= 0.3 is 0 Å². The van der Waals surface area contributed by atoms with Crippen molar-refractivity contribution in [3.05, 3.63) is 42.1 Å². The third kappa shape index (κ3) is 3.93. The molecule has 0 spiro atoms. The summed E-state index contributed by atoms with van der Waals surface area (Å²) in [7, 11) is 0. The molecule has 19 heavy (non-hydrogen) atoms. The van der Waals surface area contributed by atoms with Crippen molar-refractivity contribution in [2.75, 3.05) is 6.54 Å². The number of benzene rings is 1. The van der Waals surface area contributed by atoms with Crippen molar-refractivity contribution in [3.63, 3.8) is 0 Å². The Hall–Kier alpha value is -2.14. The van der Waals surface area contributed by atoms with Crippen molar-refractivity contribution >= 4 is 5.91 Å². The Bertz CT molecular complexity index is 521. The van der Waals surface area contributed by atoms with Crippen LogP contribution in [0.25, 0.3) is 11.3 Å². The minimum atomic E-state index is -0.255. The van der Waals surface area contributed by atoms with Gasteiger partial charge in [0, 0.05) is 18.5 Å². The summed E-state index contributed by atoms with van der Waals surface area (Å²) < 4.78 is 0.